The van der Waals surface area contributed by atoms with E-state index in [0.29, 0.717) is 16.6 Å². The predicted octanol–water partition coefficient (Wildman–Crippen LogP) is 5.98. The second-order valence-electron chi connectivity index (χ2n) is 8.75. The number of carbonyl (C=O) groups excluding carboxylic acids is 3. The fourth-order valence-electron chi connectivity index (χ4n) is 4.42. The SMILES string of the molecule is Cc1c(/C=C2/NC(=O)N(CC(=O)Nc3ccccc3F)C2=O)c2ccccc2n1Cc1ccc(Cl)cc1Cl. The summed E-state index contributed by atoms with van der Waals surface area (Å²) in [6.07, 6.45) is 1.60. The van der Waals surface area contributed by atoms with Crippen LogP contribution in [0.1, 0.15) is 16.8 Å². The maximum absolute atomic E-state index is 13.9. The fourth-order valence-corrected chi connectivity index (χ4v) is 4.89. The van der Waals surface area contributed by atoms with Crippen molar-refractivity contribution in [3.63, 3.8) is 0 Å². The van der Waals surface area contributed by atoms with Crippen LogP contribution >= 0.6 is 23.2 Å². The molecule has 2 N–H and O–H groups in total. The summed E-state index contributed by atoms with van der Waals surface area (Å²) in [6, 6.07) is 17.9. The summed E-state index contributed by atoms with van der Waals surface area (Å²) >= 11 is 12.5. The Kier molecular flexibility index (Phi) is 6.93. The summed E-state index contributed by atoms with van der Waals surface area (Å²) in [5.41, 5.74) is 3.38. The largest absolute Gasteiger partial charge is 0.340 e. The van der Waals surface area contributed by atoms with Gasteiger partial charge in [-0.25, -0.2) is 14.1 Å². The molecule has 4 amide bonds. The van der Waals surface area contributed by atoms with Crippen LogP contribution in [0.5, 0.6) is 0 Å². The molecule has 0 bridgehead atoms. The smallest absolute Gasteiger partial charge is 0.329 e. The molecule has 5 rings (SSSR count). The van der Waals surface area contributed by atoms with Gasteiger partial charge in [0.1, 0.15) is 18.1 Å². The Morgan fingerprint density at radius 1 is 1.05 bits per heavy atom. The molecule has 0 unspecified atom stereocenters. The summed E-state index contributed by atoms with van der Waals surface area (Å²) in [5.74, 6) is -1.98. The Labute approximate surface area is 227 Å². The summed E-state index contributed by atoms with van der Waals surface area (Å²) in [7, 11) is 0. The summed E-state index contributed by atoms with van der Waals surface area (Å²) in [6.45, 7) is 1.82. The van der Waals surface area contributed by atoms with E-state index in [1.807, 2.05) is 37.3 Å². The number of urea groups is 1. The van der Waals surface area contributed by atoms with Crippen molar-refractivity contribution in [3.8, 4) is 0 Å². The molecule has 0 radical (unpaired) electrons. The van der Waals surface area contributed by atoms with Gasteiger partial charge >= 0.3 is 6.03 Å². The van der Waals surface area contributed by atoms with Crippen LogP contribution in [-0.4, -0.2) is 33.9 Å². The van der Waals surface area contributed by atoms with Crippen LogP contribution in [-0.2, 0) is 16.1 Å². The molecule has 3 aromatic carbocycles. The first-order valence-corrected chi connectivity index (χ1v) is 12.4. The van der Waals surface area contributed by atoms with Gasteiger partial charge in [-0.15, -0.1) is 0 Å². The maximum atomic E-state index is 13.9. The van der Waals surface area contributed by atoms with E-state index in [1.54, 1.807) is 24.3 Å². The van der Waals surface area contributed by atoms with Gasteiger partial charge in [0.25, 0.3) is 5.91 Å². The van der Waals surface area contributed by atoms with E-state index in [0.717, 1.165) is 32.6 Å². The van der Waals surface area contributed by atoms with E-state index in [1.165, 1.54) is 18.2 Å². The highest BCUT2D eigenvalue weighted by atomic mass is 35.5. The number of hydrogen-bond acceptors (Lipinski definition) is 3. The van der Waals surface area contributed by atoms with E-state index in [9.17, 15) is 18.8 Å². The number of fused-ring (bicyclic) bond motifs is 1. The number of para-hydroxylation sites is 2. The molecule has 1 aliphatic rings. The Morgan fingerprint density at radius 2 is 1.79 bits per heavy atom. The number of hydrogen-bond donors (Lipinski definition) is 2. The lowest BCUT2D eigenvalue weighted by atomic mass is 10.1. The predicted molar refractivity (Wildman–Crippen MR) is 145 cm³/mol. The maximum Gasteiger partial charge on any atom is 0.329 e. The second-order valence-corrected chi connectivity index (χ2v) is 9.59. The zero-order valence-electron chi connectivity index (χ0n) is 20.1. The van der Waals surface area contributed by atoms with Gasteiger partial charge < -0.3 is 15.2 Å². The molecular formula is C28H21Cl2FN4O3. The standard InChI is InChI=1S/C28H21Cl2FN4O3/c1-16-20(19-6-2-5-9-25(19)34(16)14-17-10-11-18(29)12-21(17)30)13-24-27(37)35(28(38)33-24)15-26(36)32-23-8-4-3-7-22(23)31/h2-13H,14-15H2,1H3,(H,32,36)(H,33,38)/b24-13+. The molecular weight excluding hydrogens is 530 g/mol. The minimum atomic E-state index is -0.737. The summed E-state index contributed by atoms with van der Waals surface area (Å²) in [5, 5.41) is 6.89. The van der Waals surface area contributed by atoms with Crippen molar-refractivity contribution in [1.29, 1.82) is 0 Å². The molecule has 1 aliphatic heterocycles. The minimum absolute atomic E-state index is 0.0317. The number of aromatic nitrogens is 1. The van der Waals surface area contributed by atoms with Gasteiger partial charge in [0.15, 0.2) is 0 Å². The minimum Gasteiger partial charge on any atom is -0.340 e. The third kappa shape index (κ3) is 4.88. The highest BCUT2D eigenvalue weighted by molar-refractivity contribution is 6.35. The van der Waals surface area contributed by atoms with Crippen molar-refractivity contribution in [3.05, 3.63) is 105 Å². The fraction of sp³-hybridized carbons (Fsp3) is 0.107. The van der Waals surface area contributed by atoms with Gasteiger partial charge in [0.2, 0.25) is 5.91 Å². The van der Waals surface area contributed by atoms with Crippen LogP contribution in [0.4, 0.5) is 14.9 Å². The normalized spacial score (nSPS) is 14.4. The first-order valence-electron chi connectivity index (χ1n) is 11.6. The van der Waals surface area contributed by atoms with Crippen LogP contribution in [0.15, 0.2) is 72.4 Å². The number of halogens is 3. The summed E-state index contributed by atoms with van der Waals surface area (Å²) in [4.78, 5) is 38.9. The van der Waals surface area contributed by atoms with Gasteiger partial charge in [-0.2, -0.15) is 0 Å². The third-order valence-corrected chi connectivity index (χ3v) is 6.91. The molecule has 1 aromatic heterocycles. The highest BCUT2D eigenvalue weighted by Gasteiger charge is 2.35. The molecule has 0 spiro atoms. The second kappa shape index (κ2) is 10.3. The first-order chi connectivity index (χ1) is 18.2. The lowest BCUT2D eigenvalue weighted by Crippen LogP contribution is -2.38. The van der Waals surface area contributed by atoms with Crippen LogP contribution in [0.25, 0.3) is 17.0 Å². The van der Waals surface area contributed by atoms with Gasteiger partial charge in [-0.1, -0.05) is 59.6 Å². The number of nitrogens with zero attached hydrogens (tertiary/aromatic N) is 2. The number of carbonyl (C=O) groups is 3. The van der Waals surface area contributed by atoms with Crippen molar-refractivity contribution < 1.29 is 18.8 Å². The van der Waals surface area contributed by atoms with Gasteiger partial charge in [-0.05, 0) is 48.9 Å². The van der Waals surface area contributed by atoms with Crippen molar-refractivity contribution >= 4 is 63.7 Å². The number of nitrogens with one attached hydrogen (secondary N) is 2. The number of benzene rings is 3. The Hall–Kier alpha value is -4.14. The molecule has 10 heteroatoms. The molecule has 38 heavy (non-hydrogen) atoms. The lowest BCUT2D eigenvalue weighted by Gasteiger charge is -2.12. The average molecular weight is 551 g/mol. The molecule has 2 heterocycles. The quantitative estimate of drug-likeness (QED) is 0.229. The van der Waals surface area contributed by atoms with E-state index in [-0.39, 0.29) is 11.4 Å². The highest BCUT2D eigenvalue weighted by Crippen LogP contribution is 2.31. The van der Waals surface area contributed by atoms with Crippen molar-refractivity contribution in [2.75, 3.05) is 11.9 Å². The van der Waals surface area contributed by atoms with Crippen molar-refractivity contribution in [1.82, 2.24) is 14.8 Å². The van der Waals surface area contributed by atoms with Crippen LogP contribution in [0.2, 0.25) is 10.0 Å². The van der Waals surface area contributed by atoms with E-state index < -0.39 is 30.2 Å². The molecule has 4 aromatic rings. The lowest BCUT2D eigenvalue weighted by molar-refractivity contribution is -0.127. The van der Waals surface area contributed by atoms with Crippen LogP contribution < -0.4 is 10.6 Å². The average Bonchev–Trinajstić information content (AvgIpc) is 3.30. The van der Waals surface area contributed by atoms with Gasteiger partial charge in [0.05, 0.1) is 5.69 Å². The molecule has 0 atom stereocenters. The molecule has 192 valence electrons. The first kappa shape index (κ1) is 25.5. The molecule has 1 fully saturated rings. The number of anilines is 1. The monoisotopic (exact) mass is 550 g/mol. The third-order valence-electron chi connectivity index (χ3n) is 6.32. The van der Waals surface area contributed by atoms with E-state index >= 15 is 0 Å². The topological polar surface area (TPSA) is 83.4 Å². The Balaban J connectivity index is 1.43. The number of imide groups is 1. The van der Waals surface area contributed by atoms with Gasteiger partial charge in [-0.3, -0.25) is 9.59 Å². The van der Waals surface area contributed by atoms with Crippen molar-refractivity contribution in [2.45, 2.75) is 13.5 Å². The molecule has 0 saturated carbocycles. The zero-order valence-corrected chi connectivity index (χ0v) is 21.6. The Morgan fingerprint density at radius 3 is 2.55 bits per heavy atom. The van der Waals surface area contributed by atoms with E-state index in [4.69, 9.17) is 23.2 Å². The Bertz CT molecular complexity index is 1650. The molecule has 1 saturated heterocycles. The zero-order chi connectivity index (χ0) is 27.0. The van der Waals surface area contributed by atoms with Crippen molar-refractivity contribution in [2.24, 2.45) is 0 Å². The number of rotatable bonds is 6. The summed E-state index contributed by atoms with van der Waals surface area (Å²) < 4.78 is 15.9. The van der Waals surface area contributed by atoms with E-state index in [2.05, 4.69) is 15.2 Å². The molecule has 0 aliphatic carbocycles. The van der Waals surface area contributed by atoms with Gasteiger partial charge in [0, 0.05) is 38.8 Å². The molecule has 7 nitrogen and oxygen atoms in total. The van der Waals surface area contributed by atoms with Crippen LogP contribution in [0.3, 0.4) is 0 Å². The number of amides is 4. The van der Waals surface area contributed by atoms with Crippen LogP contribution in [0, 0.1) is 12.7 Å².